The average Bonchev–Trinajstić information content (AvgIpc) is 2.38. The van der Waals surface area contributed by atoms with Crippen LogP contribution in [0.1, 0.15) is 5.56 Å². The Morgan fingerprint density at radius 2 is 1.84 bits per heavy atom. The number of alkyl halides is 3. The van der Waals surface area contributed by atoms with Crippen molar-refractivity contribution in [1.29, 1.82) is 0 Å². The van der Waals surface area contributed by atoms with Crippen molar-refractivity contribution < 1.29 is 17.6 Å². The number of pyridine rings is 1. The van der Waals surface area contributed by atoms with E-state index in [-0.39, 0.29) is 5.56 Å². The summed E-state index contributed by atoms with van der Waals surface area (Å²) in [5.41, 5.74) is -0.0206. The summed E-state index contributed by atoms with van der Waals surface area (Å²) in [4.78, 5) is 3.98. The fourth-order valence-electron chi connectivity index (χ4n) is 1.65. The summed E-state index contributed by atoms with van der Waals surface area (Å²) in [5, 5.41) is 2.86. The molecule has 19 heavy (non-hydrogen) atoms. The summed E-state index contributed by atoms with van der Waals surface area (Å²) in [6.07, 6.45) is -3.25. The molecule has 0 saturated carbocycles. The van der Waals surface area contributed by atoms with Crippen LogP contribution >= 0.6 is 0 Å². The zero-order valence-electron chi connectivity index (χ0n) is 9.92. The molecular formula is C13H10F4N2. The van der Waals surface area contributed by atoms with E-state index < -0.39 is 17.6 Å². The van der Waals surface area contributed by atoms with E-state index in [1.165, 1.54) is 12.3 Å². The lowest BCUT2D eigenvalue weighted by Crippen LogP contribution is -2.08. The summed E-state index contributed by atoms with van der Waals surface area (Å²) >= 11 is 0. The predicted octanol–water partition coefficient (Wildman–Crippen LogP) is 3.95. The van der Waals surface area contributed by atoms with Crippen LogP contribution in [-0.2, 0) is 6.18 Å². The first-order valence-corrected chi connectivity index (χ1v) is 5.43. The quantitative estimate of drug-likeness (QED) is 0.836. The molecule has 0 aliphatic carbocycles. The van der Waals surface area contributed by atoms with Crippen LogP contribution in [0, 0.1) is 5.82 Å². The number of benzene rings is 1. The second kappa shape index (κ2) is 4.87. The Bertz CT molecular complexity index is 593. The molecule has 0 saturated heterocycles. The molecule has 1 heterocycles. The molecular weight excluding hydrogens is 260 g/mol. The van der Waals surface area contributed by atoms with E-state index in [0.29, 0.717) is 11.4 Å². The van der Waals surface area contributed by atoms with Crippen molar-refractivity contribution in [1.82, 2.24) is 4.98 Å². The zero-order chi connectivity index (χ0) is 14.0. The van der Waals surface area contributed by atoms with Crippen LogP contribution in [0.25, 0.3) is 11.3 Å². The van der Waals surface area contributed by atoms with Crippen molar-refractivity contribution in [2.24, 2.45) is 0 Å². The number of nitrogens with one attached hydrogen (secondary N) is 1. The average molecular weight is 270 g/mol. The molecule has 2 nitrogen and oxygen atoms in total. The molecule has 2 aromatic rings. The zero-order valence-corrected chi connectivity index (χ0v) is 9.92. The standard InChI is InChI=1S/C13H10F4N2/c1-18-9-4-5-19-12(7-9)8-2-3-11(14)10(6-8)13(15,16)17/h2-7H,1H3,(H,18,19). The minimum absolute atomic E-state index is 0.214. The summed E-state index contributed by atoms with van der Waals surface area (Å²) in [5.74, 6) is -1.29. The third kappa shape index (κ3) is 2.83. The fraction of sp³-hybridized carbons (Fsp3) is 0.154. The summed E-state index contributed by atoms with van der Waals surface area (Å²) in [6, 6.07) is 6.10. The Hall–Kier alpha value is -2.11. The lowest BCUT2D eigenvalue weighted by molar-refractivity contribution is -0.139. The van der Waals surface area contributed by atoms with Crippen LogP contribution in [0.3, 0.4) is 0 Å². The van der Waals surface area contributed by atoms with Crippen LogP contribution in [0.5, 0.6) is 0 Å². The normalized spacial score (nSPS) is 11.4. The fourth-order valence-corrected chi connectivity index (χ4v) is 1.65. The van der Waals surface area contributed by atoms with Gasteiger partial charge >= 0.3 is 6.18 Å². The van der Waals surface area contributed by atoms with Gasteiger partial charge < -0.3 is 5.32 Å². The molecule has 0 aliphatic rings. The maximum atomic E-state index is 13.2. The topological polar surface area (TPSA) is 24.9 Å². The van der Waals surface area contributed by atoms with E-state index in [1.54, 1.807) is 19.2 Å². The van der Waals surface area contributed by atoms with E-state index in [2.05, 4.69) is 10.3 Å². The first kappa shape index (κ1) is 13.3. The molecule has 0 radical (unpaired) electrons. The molecule has 0 bridgehead atoms. The van der Waals surface area contributed by atoms with E-state index in [0.717, 1.165) is 12.1 Å². The molecule has 0 spiro atoms. The third-order valence-corrected chi connectivity index (χ3v) is 2.62. The van der Waals surface area contributed by atoms with Gasteiger partial charge in [-0.25, -0.2) is 4.39 Å². The van der Waals surface area contributed by atoms with Crippen molar-refractivity contribution >= 4 is 5.69 Å². The molecule has 1 aromatic carbocycles. The highest BCUT2D eigenvalue weighted by atomic mass is 19.4. The van der Waals surface area contributed by atoms with Crippen LogP contribution in [0.4, 0.5) is 23.2 Å². The van der Waals surface area contributed by atoms with Gasteiger partial charge in [0.1, 0.15) is 5.82 Å². The van der Waals surface area contributed by atoms with Crippen LogP contribution in [0.2, 0.25) is 0 Å². The number of hydrogen-bond donors (Lipinski definition) is 1. The molecule has 0 atom stereocenters. The van der Waals surface area contributed by atoms with Gasteiger partial charge in [0.15, 0.2) is 0 Å². The Balaban J connectivity index is 2.51. The van der Waals surface area contributed by atoms with Gasteiger partial charge in [-0.15, -0.1) is 0 Å². The number of aromatic nitrogens is 1. The van der Waals surface area contributed by atoms with Crippen LogP contribution < -0.4 is 5.32 Å². The molecule has 100 valence electrons. The first-order valence-electron chi connectivity index (χ1n) is 5.43. The Kier molecular flexibility index (Phi) is 3.42. The van der Waals surface area contributed by atoms with Crippen molar-refractivity contribution in [3.63, 3.8) is 0 Å². The van der Waals surface area contributed by atoms with E-state index in [9.17, 15) is 17.6 Å². The van der Waals surface area contributed by atoms with Gasteiger partial charge in [0.25, 0.3) is 0 Å². The number of nitrogens with zero attached hydrogens (tertiary/aromatic N) is 1. The van der Waals surface area contributed by atoms with Gasteiger partial charge in [0.05, 0.1) is 11.3 Å². The van der Waals surface area contributed by atoms with Gasteiger partial charge in [0, 0.05) is 24.5 Å². The highest BCUT2D eigenvalue weighted by Crippen LogP contribution is 2.34. The smallest absolute Gasteiger partial charge is 0.388 e. The predicted molar refractivity (Wildman–Crippen MR) is 64.2 cm³/mol. The molecule has 6 heteroatoms. The van der Waals surface area contributed by atoms with E-state index in [1.807, 2.05) is 0 Å². The van der Waals surface area contributed by atoms with Crippen molar-refractivity contribution in [3.8, 4) is 11.3 Å². The summed E-state index contributed by atoms with van der Waals surface area (Å²) < 4.78 is 51.0. The van der Waals surface area contributed by atoms with Crippen molar-refractivity contribution in [2.45, 2.75) is 6.18 Å². The van der Waals surface area contributed by atoms with Crippen molar-refractivity contribution in [2.75, 3.05) is 12.4 Å². The summed E-state index contributed by atoms with van der Waals surface area (Å²) in [7, 11) is 1.69. The van der Waals surface area contributed by atoms with Crippen molar-refractivity contribution in [3.05, 3.63) is 47.9 Å². The van der Waals surface area contributed by atoms with Gasteiger partial charge in [-0.1, -0.05) is 0 Å². The lowest BCUT2D eigenvalue weighted by atomic mass is 10.1. The SMILES string of the molecule is CNc1ccnc(-c2ccc(F)c(C(F)(F)F)c2)c1. The highest BCUT2D eigenvalue weighted by molar-refractivity contribution is 5.64. The third-order valence-electron chi connectivity index (χ3n) is 2.62. The highest BCUT2D eigenvalue weighted by Gasteiger charge is 2.34. The lowest BCUT2D eigenvalue weighted by Gasteiger charge is -2.10. The molecule has 0 fully saturated rings. The molecule has 0 unspecified atom stereocenters. The number of halogens is 4. The molecule has 0 aliphatic heterocycles. The molecule has 1 aromatic heterocycles. The number of hydrogen-bond acceptors (Lipinski definition) is 2. The Morgan fingerprint density at radius 3 is 2.47 bits per heavy atom. The summed E-state index contributed by atoms with van der Waals surface area (Å²) in [6.45, 7) is 0. The van der Waals surface area contributed by atoms with Gasteiger partial charge in [-0.3, -0.25) is 4.98 Å². The largest absolute Gasteiger partial charge is 0.419 e. The maximum Gasteiger partial charge on any atom is 0.419 e. The monoisotopic (exact) mass is 270 g/mol. The second-order valence-corrected chi connectivity index (χ2v) is 3.87. The second-order valence-electron chi connectivity index (χ2n) is 3.87. The van der Waals surface area contributed by atoms with Crippen LogP contribution in [0.15, 0.2) is 36.5 Å². The van der Waals surface area contributed by atoms with Gasteiger partial charge in [0.2, 0.25) is 0 Å². The molecule has 2 rings (SSSR count). The Labute approximate surface area is 107 Å². The number of rotatable bonds is 2. The van der Waals surface area contributed by atoms with E-state index in [4.69, 9.17) is 0 Å². The number of anilines is 1. The minimum Gasteiger partial charge on any atom is -0.388 e. The maximum absolute atomic E-state index is 13.2. The molecule has 0 amide bonds. The van der Waals surface area contributed by atoms with E-state index >= 15 is 0 Å². The van der Waals surface area contributed by atoms with Crippen LogP contribution in [-0.4, -0.2) is 12.0 Å². The first-order chi connectivity index (χ1) is 8.91. The minimum atomic E-state index is -4.72. The Morgan fingerprint density at radius 1 is 1.11 bits per heavy atom. The van der Waals surface area contributed by atoms with Gasteiger partial charge in [-0.05, 0) is 30.3 Å². The molecule has 1 N–H and O–H groups in total. The van der Waals surface area contributed by atoms with Gasteiger partial charge in [-0.2, -0.15) is 13.2 Å².